The minimum atomic E-state index is 0. The summed E-state index contributed by atoms with van der Waals surface area (Å²) in [5.74, 6) is 2.84. The Morgan fingerprint density at radius 2 is 1.82 bits per heavy atom. The lowest BCUT2D eigenvalue weighted by Crippen LogP contribution is -2.47. The van der Waals surface area contributed by atoms with Gasteiger partial charge >= 0.3 is 0 Å². The Hall–Kier alpha value is -1.26. The van der Waals surface area contributed by atoms with Gasteiger partial charge in [0.05, 0.1) is 19.8 Å². The number of aliphatic imine (C=N–C) groups is 1. The lowest BCUT2D eigenvalue weighted by molar-refractivity contribution is 0.0195. The number of hydrogen-bond donors (Lipinski definition) is 1. The minimum absolute atomic E-state index is 0. The van der Waals surface area contributed by atoms with Crippen LogP contribution in [0.15, 0.2) is 23.2 Å². The van der Waals surface area contributed by atoms with E-state index in [0.717, 1.165) is 69.9 Å². The number of hydrogen-bond acceptors (Lipinski definition) is 5. The first-order valence-corrected chi connectivity index (χ1v) is 12.5. The summed E-state index contributed by atoms with van der Waals surface area (Å²) in [6.07, 6.45) is 6.11. The Balaban J connectivity index is 0.00000259. The van der Waals surface area contributed by atoms with Crippen molar-refractivity contribution in [1.29, 1.82) is 0 Å². The molecule has 2 saturated heterocycles. The van der Waals surface area contributed by atoms with Gasteiger partial charge in [-0.15, -0.1) is 24.0 Å². The first kappa shape index (κ1) is 24.9. The van der Waals surface area contributed by atoms with Crippen LogP contribution in [0.25, 0.3) is 0 Å². The average molecular weight is 571 g/mol. The van der Waals surface area contributed by atoms with Crippen LogP contribution in [0.1, 0.15) is 44.6 Å². The summed E-state index contributed by atoms with van der Waals surface area (Å²) in [7, 11) is 0. The molecule has 0 bridgehead atoms. The fourth-order valence-corrected chi connectivity index (χ4v) is 5.79. The predicted octanol–water partition coefficient (Wildman–Crippen LogP) is 3.26. The quantitative estimate of drug-likeness (QED) is 0.334. The molecule has 1 unspecified atom stereocenters. The van der Waals surface area contributed by atoms with Crippen LogP contribution < -0.4 is 14.8 Å². The lowest BCUT2D eigenvalue weighted by atomic mass is 9.79. The van der Waals surface area contributed by atoms with E-state index in [2.05, 4.69) is 40.2 Å². The molecule has 7 nitrogen and oxygen atoms in total. The Morgan fingerprint density at radius 3 is 2.58 bits per heavy atom. The van der Waals surface area contributed by atoms with E-state index in [9.17, 15) is 0 Å². The van der Waals surface area contributed by atoms with Crippen molar-refractivity contribution >= 4 is 29.9 Å². The third-order valence-corrected chi connectivity index (χ3v) is 7.61. The highest BCUT2D eigenvalue weighted by Gasteiger charge is 2.37. The van der Waals surface area contributed by atoms with Crippen LogP contribution in [-0.4, -0.2) is 87.5 Å². The predicted molar refractivity (Wildman–Crippen MR) is 141 cm³/mol. The van der Waals surface area contributed by atoms with Crippen LogP contribution in [0.2, 0.25) is 0 Å². The monoisotopic (exact) mass is 570 g/mol. The Bertz CT molecular complexity index is 809. The number of ether oxygens (including phenoxy) is 3. The summed E-state index contributed by atoms with van der Waals surface area (Å²) in [5.41, 5.74) is 1.45. The zero-order chi connectivity index (χ0) is 21.8. The molecule has 3 heterocycles. The molecule has 1 atom stereocenters. The molecule has 184 valence electrons. The van der Waals surface area contributed by atoms with Crippen molar-refractivity contribution in [3.63, 3.8) is 0 Å². The topological polar surface area (TPSA) is 58.6 Å². The second kappa shape index (κ2) is 11.4. The SMILES string of the molecule is CCNC(=NCC1(c2ccc3c(c2)OCCO3)CCCC1)N1CCC(N2CCOCC2)C1.I. The van der Waals surface area contributed by atoms with Crippen molar-refractivity contribution in [2.24, 2.45) is 4.99 Å². The number of nitrogens with one attached hydrogen (secondary N) is 1. The molecular weight excluding hydrogens is 531 g/mol. The molecule has 3 aliphatic heterocycles. The van der Waals surface area contributed by atoms with Gasteiger partial charge in [0, 0.05) is 44.2 Å². The summed E-state index contributed by atoms with van der Waals surface area (Å²) in [6.45, 7) is 11.1. The van der Waals surface area contributed by atoms with E-state index >= 15 is 0 Å². The van der Waals surface area contributed by atoms with Gasteiger partial charge < -0.3 is 24.4 Å². The fraction of sp³-hybridized carbons (Fsp3) is 0.720. The normalized spacial score (nSPS) is 25.1. The highest BCUT2D eigenvalue weighted by Crippen LogP contribution is 2.44. The van der Waals surface area contributed by atoms with E-state index in [1.807, 2.05) is 0 Å². The number of nitrogens with zero attached hydrogens (tertiary/aromatic N) is 3. The molecule has 1 N–H and O–H groups in total. The van der Waals surface area contributed by atoms with Crippen LogP contribution >= 0.6 is 24.0 Å². The smallest absolute Gasteiger partial charge is 0.193 e. The van der Waals surface area contributed by atoms with Gasteiger partial charge in [0.15, 0.2) is 17.5 Å². The minimum Gasteiger partial charge on any atom is -0.486 e. The molecule has 0 amide bonds. The summed E-state index contributed by atoms with van der Waals surface area (Å²) in [6, 6.07) is 7.16. The molecule has 5 rings (SSSR count). The van der Waals surface area contributed by atoms with Gasteiger partial charge in [-0.2, -0.15) is 0 Å². The molecule has 0 spiro atoms. The van der Waals surface area contributed by atoms with Crippen LogP contribution in [0.5, 0.6) is 11.5 Å². The van der Waals surface area contributed by atoms with Gasteiger partial charge in [-0.3, -0.25) is 9.89 Å². The van der Waals surface area contributed by atoms with Crippen LogP contribution in [-0.2, 0) is 10.2 Å². The molecule has 1 saturated carbocycles. The summed E-state index contributed by atoms with van der Waals surface area (Å²) in [4.78, 5) is 10.3. The maximum absolute atomic E-state index is 5.89. The maximum atomic E-state index is 5.89. The highest BCUT2D eigenvalue weighted by atomic mass is 127. The van der Waals surface area contributed by atoms with Gasteiger partial charge in [-0.1, -0.05) is 18.9 Å². The van der Waals surface area contributed by atoms with Crippen LogP contribution in [0.3, 0.4) is 0 Å². The molecule has 0 radical (unpaired) electrons. The molecule has 33 heavy (non-hydrogen) atoms. The highest BCUT2D eigenvalue weighted by molar-refractivity contribution is 14.0. The van der Waals surface area contributed by atoms with E-state index in [0.29, 0.717) is 19.3 Å². The first-order chi connectivity index (χ1) is 15.8. The molecule has 1 aliphatic carbocycles. The lowest BCUT2D eigenvalue weighted by Gasteiger charge is -2.33. The van der Waals surface area contributed by atoms with Crippen molar-refractivity contribution in [3.8, 4) is 11.5 Å². The third kappa shape index (κ3) is 5.53. The largest absolute Gasteiger partial charge is 0.486 e. The van der Waals surface area contributed by atoms with Gasteiger partial charge in [-0.25, -0.2) is 0 Å². The average Bonchev–Trinajstić information content (AvgIpc) is 3.53. The molecular formula is C25H39IN4O3. The number of benzene rings is 1. The number of morpholine rings is 1. The standard InChI is InChI=1S/C25H38N4O3.HI/c1-2-26-24(29-10-7-21(18-29)28-11-13-30-14-12-28)27-19-25(8-3-4-9-25)20-5-6-22-23(17-20)32-16-15-31-22;/h5-6,17,21H,2-4,7-16,18-19H2,1H3,(H,26,27);1H. The molecule has 3 fully saturated rings. The first-order valence-electron chi connectivity index (χ1n) is 12.5. The van der Waals surface area contributed by atoms with Gasteiger partial charge in [0.2, 0.25) is 0 Å². The van der Waals surface area contributed by atoms with Crippen molar-refractivity contribution in [2.45, 2.75) is 50.5 Å². The Kier molecular flexibility index (Phi) is 8.62. The molecule has 1 aromatic carbocycles. The van der Waals surface area contributed by atoms with E-state index in [1.165, 1.54) is 37.7 Å². The van der Waals surface area contributed by atoms with E-state index < -0.39 is 0 Å². The van der Waals surface area contributed by atoms with Crippen LogP contribution in [0, 0.1) is 0 Å². The van der Waals surface area contributed by atoms with Gasteiger partial charge in [0.1, 0.15) is 13.2 Å². The molecule has 1 aromatic rings. The maximum Gasteiger partial charge on any atom is 0.193 e. The molecule has 8 heteroatoms. The fourth-order valence-electron chi connectivity index (χ4n) is 5.79. The van der Waals surface area contributed by atoms with Crippen LogP contribution in [0.4, 0.5) is 0 Å². The van der Waals surface area contributed by atoms with Gasteiger partial charge in [-0.05, 0) is 43.9 Å². The van der Waals surface area contributed by atoms with E-state index in [4.69, 9.17) is 19.2 Å². The van der Waals surface area contributed by atoms with E-state index in [1.54, 1.807) is 0 Å². The second-order valence-corrected chi connectivity index (χ2v) is 9.55. The zero-order valence-corrected chi connectivity index (χ0v) is 22.2. The Labute approximate surface area is 215 Å². The van der Waals surface area contributed by atoms with Crippen molar-refractivity contribution in [1.82, 2.24) is 15.1 Å². The van der Waals surface area contributed by atoms with E-state index in [-0.39, 0.29) is 29.4 Å². The van der Waals surface area contributed by atoms with Crippen molar-refractivity contribution in [3.05, 3.63) is 23.8 Å². The number of fused-ring (bicyclic) bond motifs is 1. The number of rotatable bonds is 5. The molecule has 4 aliphatic rings. The second-order valence-electron chi connectivity index (χ2n) is 9.55. The third-order valence-electron chi connectivity index (χ3n) is 7.61. The summed E-state index contributed by atoms with van der Waals surface area (Å²) >= 11 is 0. The number of halogens is 1. The summed E-state index contributed by atoms with van der Waals surface area (Å²) < 4.78 is 17.2. The zero-order valence-electron chi connectivity index (χ0n) is 19.9. The van der Waals surface area contributed by atoms with Gasteiger partial charge in [0.25, 0.3) is 0 Å². The van der Waals surface area contributed by atoms with Crippen molar-refractivity contribution < 1.29 is 14.2 Å². The molecule has 0 aromatic heterocycles. The number of guanidine groups is 1. The summed E-state index contributed by atoms with van der Waals surface area (Å²) in [5, 5.41) is 3.58. The van der Waals surface area contributed by atoms with Crippen molar-refractivity contribution in [2.75, 3.05) is 65.7 Å². The Morgan fingerprint density at radius 1 is 1.06 bits per heavy atom. The number of likely N-dealkylation sites (tertiary alicyclic amines) is 1.